The summed E-state index contributed by atoms with van der Waals surface area (Å²) in [4.78, 5) is 18.7. The molecule has 0 radical (unpaired) electrons. The molecule has 0 atom stereocenters. The topological polar surface area (TPSA) is 57.3 Å². The summed E-state index contributed by atoms with van der Waals surface area (Å²) < 4.78 is 0. The first-order valence-electron chi connectivity index (χ1n) is 8.10. The van der Waals surface area contributed by atoms with Gasteiger partial charge < -0.3 is 15.5 Å². The molecule has 0 spiro atoms. The Hall–Kier alpha value is -2.08. The first-order chi connectivity index (χ1) is 11.3. The highest BCUT2D eigenvalue weighted by Gasteiger charge is 2.14. The second-order valence-electron chi connectivity index (χ2n) is 5.65. The third-order valence-electron chi connectivity index (χ3n) is 3.98. The highest BCUT2D eigenvalue weighted by molar-refractivity contribution is 7.09. The van der Waals surface area contributed by atoms with Crippen LogP contribution in [0.15, 0.2) is 35.8 Å². The highest BCUT2D eigenvalue weighted by Crippen LogP contribution is 2.27. The van der Waals surface area contributed by atoms with Gasteiger partial charge in [0.05, 0.1) is 17.9 Å². The van der Waals surface area contributed by atoms with Gasteiger partial charge in [-0.1, -0.05) is 25.0 Å². The van der Waals surface area contributed by atoms with Gasteiger partial charge in [-0.2, -0.15) is 0 Å². The van der Waals surface area contributed by atoms with Crippen LogP contribution in [0.5, 0.6) is 0 Å². The minimum atomic E-state index is -0.192. The molecule has 1 saturated heterocycles. The van der Waals surface area contributed by atoms with Crippen molar-refractivity contribution in [2.45, 2.75) is 32.2 Å². The van der Waals surface area contributed by atoms with Gasteiger partial charge >= 0.3 is 6.03 Å². The van der Waals surface area contributed by atoms with Gasteiger partial charge in [-0.25, -0.2) is 9.78 Å². The number of hydrogen-bond acceptors (Lipinski definition) is 4. The van der Waals surface area contributed by atoms with Crippen LogP contribution in [0.1, 0.15) is 30.7 Å². The summed E-state index contributed by atoms with van der Waals surface area (Å²) in [6.45, 7) is 2.56. The lowest BCUT2D eigenvalue weighted by Gasteiger charge is -2.25. The lowest BCUT2D eigenvalue weighted by molar-refractivity contribution is 0.251. The average molecular weight is 330 g/mol. The minimum Gasteiger partial charge on any atom is -0.370 e. The number of rotatable bonds is 4. The summed E-state index contributed by atoms with van der Waals surface area (Å²) in [5.74, 6) is 0. The number of aromatic nitrogens is 1. The lowest BCUT2D eigenvalue weighted by atomic mass is 10.2. The van der Waals surface area contributed by atoms with E-state index in [1.807, 2.05) is 23.6 Å². The fourth-order valence-electron chi connectivity index (χ4n) is 2.83. The molecule has 2 heterocycles. The van der Waals surface area contributed by atoms with Crippen LogP contribution in [0.25, 0.3) is 0 Å². The van der Waals surface area contributed by atoms with Gasteiger partial charge in [-0.05, 0) is 25.0 Å². The summed E-state index contributed by atoms with van der Waals surface area (Å²) in [7, 11) is 0. The van der Waals surface area contributed by atoms with E-state index in [1.54, 1.807) is 6.20 Å². The number of carbonyl (C=O) groups excluding carboxylic acids is 1. The van der Waals surface area contributed by atoms with Crippen LogP contribution >= 0.6 is 11.3 Å². The first kappa shape index (κ1) is 15.8. The number of anilines is 2. The van der Waals surface area contributed by atoms with Crippen molar-refractivity contribution in [1.82, 2.24) is 10.3 Å². The molecule has 23 heavy (non-hydrogen) atoms. The standard InChI is InChI=1S/C17H22N4OS/c22-17(19-13-16-18-9-12-23-16)20-14-7-3-4-8-15(14)21-10-5-1-2-6-11-21/h3-4,7-9,12H,1-2,5-6,10-11,13H2,(H2,19,20,22). The molecule has 6 heteroatoms. The maximum atomic E-state index is 12.1. The predicted octanol–water partition coefficient (Wildman–Crippen LogP) is 3.85. The van der Waals surface area contributed by atoms with Gasteiger partial charge in [0.1, 0.15) is 5.01 Å². The molecular formula is C17H22N4OS. The quantitative estimate of drug-likeness (QED) is 0.895. The van der Waals surface area contributed by atoms with Gasteiger partial charge in [-0.3, -0.25) is 0 Å². The molecule has 0 unspecified atom stereocenters. The molecule has 1 aromatic carbocycles. The Morgan fingerprint density at radius 1 is 1.17 bits per heavy atom. The third kappa shape index (κ3) is 4.45. The third-order valence-corrected chi connectivity index (χ3v) is 4.76. The van der Waals surface area contributed by atoms with E-state index in [2.05, 4.69) is 26.6 Å². The monoisotopic (exact) mass is 330 g/mol. The summed E-state index contributed by atoms with van der Waals surface area (Å²) >= 11 is 1.54. The van der Waals surface area contributed by atoms with E-state index >= 15 is 0 Å². The number of urea groups is 1. The summed E-state index contributed by atoms with van der Waals surface area (Å²) in [5.41, 5.74) is 1.98. The lowest BCUT2D eigenvalue weighted by Crippen LogP contribution is -2.30. The van der Waals surface area contributed by atoms with Crippen LogP contribution in [-0.2, 0) is 6.54 Å². The first-order valence-corrected chi connectivity index (χ1v) is 8.98. The van der Waals surface area contributed by atoms with Crippen LogP contribution in [0.3, 0.4) is 0 Å². The van der Waals surface area contributed by atoms with E-state index < -0.39 is 0 Å². The number of para-hydroxylation sites is 2. The molecule has 122 valence electrons. The maximum Gasteiger partial charge on any atom is 0.319 e. The van der Waals surface area contributed by atoms with Crippen molar-refractivity contribution in [3.05, 3.63) is 40.8 Å². The smallest absolute Gasteiger partial charge is 0.319 e. The molecule has 1 aliphatic heterocycles. The van der Waals surface area contributed by atoms with Crippen molar-refractivity contribution in [3.63, 3.8) is 0 Å². The number of carbonyl (C=O) groups is 1. The highest BCUT2D eigenvalue weighted by atomic mass is 32.1. The Labute approximate surface area is 140 Å². The molecule has 5 nitrogen and oxygen atoms in total. The molecule has 0 saturated carbocycles. The zero-order valence-electron chi connectivity index (χ0n) is 13.1. The molecule has 1 aromatic heterocycles. The Balaban J connectivity index is 1.63. The Morgan fingerprint density at radius 3 is 2.70 bits per heavy atom. The van der Waals surface area contributed by atoms with Crippen molar-refractivity contribution in [2.75, 3.05) is 23.3 Å². The predicted molar refractivity (Wildman–Crippen MR) is 95.1 cm³/mol. The zero-order valence-corrected chi connectivity index (χ0v) is 13.9. The fourth-order valence-corrected chi connectivity index (χ4v) is 3.39. The second kappa shape index (κ2) is 7.97. The van der Waals surface area contributed by atoms with E-state index in [0.29, 0.717) is 6.54 Å². The number of hydrogen-bond donors (Lipinski definition) is 2. The SMILES string of the molecule is O=C(NCc1nccs1)Nc1ccccc1N1CCCCCC1. The van der Waals surface area contributed by atoms with Crippen LogP contribution < -0.4 is 15.5 Å². The van der Waals surface area contributed by atoms with E-state index in [9.17, 15) is 4.79 Å². The summed E-state index contributed by atoms with van der Waals surface area (Å²) in [5, 5.41) is 8.64. The average Bonchev–Trinajstić information content (AvgIpc) is 2.95. The maximum absolute atomic E-state index is 12.1. The number of nitrogens with one attached hydrogen (secondary N) is 2. The Morgan fingerprint density at radius 2 is 1.96 bits per heavy atom. The fraction of sp³-hybridized carbons (Fsp3) is 0.412. The van der Waals surface area contributed by atoms with Crippen molar-refractivity contribution >= 4 is 28.7 Å². The molecule has 1 aliphatic rings. The molecule has 2 aromatic rings. The van der Waals surface area contributed by atoms with Crippen LogP contribution in [0.2, 0.25) is 0 Å². The summed E-state index contributed by atoms with van der Waals surface area (Å²) in [6.07, 6.45) is 6.75. The van der Waals surface area contributed by atoms with Crippen molar-refractivity contribution in [3.8, 4) is 0 Å². The summed E-state index contributed by atoms with van der Waals surface area (Å²) in [6, 6.07) is 7.84. The molecule has 1 fully saturated rings. The van der Waals surface area contributed by atoms with Crippen LogP contribution in [0, 0.1) is 0 Å². The number of benzene rings is 1. The molecule has 0 bridgehead atoms. The van der Waals surface area contributed by atoms with E-state index in [4.69, 9.17) is 0 Å². The van der Waals surface area contributed by atoms with Crippen molar-refractivity contribution in [2.24, 2.45) is 0 Å². The molecular weight excluding hydrogens is 308 g/mol. The normalized spacial score (nSPS) is 15.0. The Bertz CT molecular complexity index is 621. The number of amides is 2. The minimum absolute atomic E-state index is 0.192. The Kier molecular flexibility index (Phi) is 5.47. The van der Waals surface area contributed by atoms with E-state index in [0.717, 1.165) is 29.5 Å². The van der Waals surface area contributed by atoms with Gasteiger partial charge in [0, 0.05) is 24.7 Å². The van der Waals surface area contributed by atoms with Gasteiger partial charge in [-0.15, -0.1) is 11.3 Å². The molecule has 3 rings (SSSR count). The van der Waals surface area contributed by atoms with E-state index in [1.165, 1.54) is 37.0 Å². The van der Waals surface area contributed by atoms with Crippen LogP contribution in [0.4, 0.5) is 16.2 Å². The van der Waals surface area contributed by atoms with Crippen LogP contribution in [-0.4, -0.2) is 24.1 Å². The molecule has 2 amide bonds. The molecule has 2 N–H and O–H groups in total. The van der Waals surface area contributed by atoms with Crippen molar-refractivity contribution < 1.29 is 4.79 Å². The van der Waals surface area contributed by atoms with Gasteiger partial charge in [0.2, 0.25) is 0 Å². The number of thiazole rings is 1. The largest absolute Gasteiger partial charge is 0.370 e. The zero-order chi connectivity index (χ0) is 15.9. The second-order valence-corrected chi connectivity index (χ2v) is 6.63. The van der Waals surface area contributed by atoms with E-state index in [-0.39, 0.29) is 6.03 Å². The van der Waals surface area contributed by atoms with Crippen molar-refractivity contribution in [1.29, 1.82) is 0 Å². The van der Waals surface area contributed by atoms with Gasteiger partial charge in [0.25, 0.3) is 0 Å². The molecule has 0 aliphatic carbocycles. The van der Waals surface area contributed by atoms with Gasteiger partial charge in [0.15, 0.2) is 0 Å². The number of nitrogens with zero attached hydrogens (tertiary/aromatic N) is 2.